The highest BCUT2D eigenvalue weighted by atomic mass is 19.1. The molecule has 0 unspecified atom stereocenters. The molecule has 0 bridgehead atoms. The van der Waals surface area contributed by atoms with Crippen molar-refractivity contribution in [2.24, 2.45) is 0 Å². The molecule has 2 N–H and O–H groups in total. The number of hydrogen-bond acceptors (Lipinski definition) is 2. The van der Waals surface area contributed by atoms with Crippen molar-refractivity contribution in [3.63, 3.8) is 0 Å². The van der Waals surface area contributed by atoms with Crippen molar-refractivity contribution < 1.29 is 4.39 Å². The Morgan fingerprint density at radius 1 is 1.36 bits per heavy atom. The van der Waals surface area contributed by atoms with E-state index in [0.29, 0.717) is 11.4 Å². The van der Waals surface area contributed by atoms with E-state index >= 15 is 0 Å². The van der Waals surface area contributed by atoms with Crippen LogP contribution in [0.2, 0.25) is 0 Å². The minimum atomic E-state index is -0.340. The number of aryl methyl sites for hydroxylation is 1. The van der Waals surface area contributed by atoms with Crippen molar-refractivity contribution in [1.82, 2.24) is 9.55 Å². The van der Waals surface area contributed by atoms with Gasteiger partial charge in [-0.1, -0.05) is 0 Å². The summed E-state index contributed by atoms with van der Waals surface area (Å²) in [6.45, 7) is 1.85. The second kappa shape index (κ2) is 3.14. The van der Waals surface area contributed by atoms with Gasteiger partial charge in [0, 0.05) is 18.1 Å². The van der Waals surface area contributed by atoms with Crippen LogP contribution in [0.3, 0.4) is 0 Å². The van der Waals surface area contributed by atoms with Crippen LogP contribution in [0.1, 0.15) is 5.82 Å². The topological polar surface area (TPSA) is 43.8 Å². The molecule has 2 aromatic rings. The Kier molecular flexibility index (Phi) is 1.96. The number of imidazole rings is 1. The monoisotopic (exact) mass is 191 g/mol. The van der Waals surface area contributed by atoms with Gasteiger partial charge in [0.1, 0.15) is 11.6 Å². The quantitative estimate of drug-likeness (QED) is 0.699. The van der Waals surface area contributed by atoms with Crippen LogP contribution in [0.4, 0.5) is 10.1 Å². The standard InChI is InChI=1S/C10H10FN3/c1-7-13-2-3-14(7)10-5-8(11)4-9(12)6-10/h2-6H,12H2,1H3. The van der Waals surface area contributed by atoms with Gasteiger partial charge in [-0.05, 0) is 25.1 Å². The molecule has 72 valence electrons. The molecule has 1 aromatic heterocycles. The number of benzene rings is 1. The lowest BCUT2D eigenvalue weighted by atomic mass is 10.2. The zero-order valence-electron chi connectivity index (χ0n) is 7.74. The zero-order chi connectivity index (χ0) is 10.1. The maximum absolute atomic E-state index is 13.0. The van der Waals surface area contributed by atoms with Gasteiger partial charge >= 0.3 is 0 Å². The van der Waals surface area contributed by atoms with Gasteiger partial charge in [0.05, 0.1) is 5.69 Å². The number of nitrogens with zero attached hydrogens (tertiary/aromatic N) is 2. The number of anilines is 1. The van der Waals surface area contributed by atoms with E-state index in [0.717, 1.165) is 5.82 Å². The average Bonchev–Trinajstić information content (AvgIpc) is 2.49. The predicted molar refractivity (Wildman–Crippen MR) is 52.7 cm³/mol. The minimum Gasteiger partial charge on any atom is -0.399 e. The molecule has 0 fully saturated rings. The maximum atomic E-state index is 13.0. The SMILES string of the molecule is Cc1nccn1-c1cc(N)cc(F)c1. The smallest absolute Gasteiger partial charge is 0.127 e. The van der Waals surface area contributed by atoms with Crippen LogP contribution in [0.25, 0.3) is 5.69 Å². The van der Waals surface area contributed by atoms with E-state index in [4.69, 9.17) is 5.73 Å². The first-order valence-electron chi connectivity index (χ1n) is 4.23. The molecule has 0 saturated carbocycles. The summed E-state index contributed by atoms with van der Waals surface area (Å²) in [4.78, 5) is 4.05. The molecule has 0 aliphatic heterocycles. The summed E-state index contributed by atoms with van der Waals surface area (Å²) >= 11 is 0. The van der Waals surface area contributed by atoms with Gasteiger partial charge in [-0.2, -0.15) is 0 Å². The Hall–Kier alpha value is -1.84. The summed E-state index contributed by atoms with van der Waals surface area (Å²) in [5, 5.41) is 0. The summed E-state index contributed by atoms with van der Waals surface area (Å²) in [6, 6.07) is 4.42. The third-order valence-corrected chi connectivity index (χ3v) is 2.01. The van der Waals surface area contributed by atoms with Gasteiger partial charge in [0.25, 0.3) is 0 Å². The van der Waals surface area contributed by atoms with Crippen molar-refractivity contribution in [2.75, 3.05) is 5.73 Å². The third-order valence-electron chi connectivity index (χ3n) is 2.01. The number of nitrogens with two attached hydrogens (primary N) is 1. The number of hydrogen-bond donors (Lipinski definition) is 1. The minimum absolute atomic E-state index is 0.340. The molecule has 0 radical (unpaired) electrons. The third kappa shape index (κ3) is 1.46. The lowest BCUT2D eigenvalue weighted by Gasteiger charge is -2.05. The largest absolute Gasteiger partial charge is 0.399 e. The molecule has 3 nitrogen and oxygen atoms in total. The van der Waals surface area contributed by atoms with Crippen molar-refractivity contribution in [1.29, 1.82) is 0 Å². The van der Waals surface area contributed by atoms with Crippen LogP contribution in [0.5, 0.6) is 0 Å². The van der Waals surface area contributed by atoms with Crippen molar-refractivity contribution >= 4 is 5.69 Å². The van der Waals surface area contributed by atoms with Gasteiger partial charge in [-0.15, -0.1) is 0 Å². The second-order valence-electron chi connectivity index (χ2n) is 3.09. The molecule has 0 atom stereocenters. The Morgan fingerprint density at radius 3 is 2.71 bits per heavy atom. The summed E-state index contributed by atoms with van der Waals surface area (Å²) in [7, 11) is 0. The van der Waals surface area contributed by atoms with E-state index in [1.807, 2.05) is 6.92 Å². The van der Waals surface area contributed by atoms with E-state index in [1.165, 1.54) is 12.1 Å². The molecule has 0 amide bonds. The number of halogens is 1. The normalized spacial score (nSPS) is 10.4. The van der Waals surface area contributed by atoms with Crippen LogP contribution in [0, 0.1) is 12.7 Å². The zero-order valence-corrected chi connectivity index (χ0v) is 7.74. The molecule has 14 heavy (non-hydrogen) atoms. The predicted octanol–water partition coefficient (Wildman–Crippen LogP) is 1.90. The van der Waals surface area contributed by atoms with Crippen LogP contribution >= 0.6 is 0 Å². The molecular formula is C10H10FN3. The first-order valence-corrected chi connectivity index (χ1v) is 4.23. The Labute approximate surface area is 81.0 Å². The molecule has 0 aliphatic rings. The van der Waals surface area contributed by atoms with E-state index < -0.39 is 0 Å². The lowest BCUT2D eigenvalue weighted by Crippen LogP contribution is -1.98. The summed E-state index contributed by atoms with van der Waals surface area (Å²) in [5.74, 6) is 0.461. The highest BCUT2D eigenvalue weighted by Crippen LogP contribution is 2.16. The second-order valence-corrected chi connectivity index (χ2v) is 3.09. The van der Waals surface area contributed by atoms with Crippen molar-refractivity contribution in [2.45, 2.75) is 6.92 Å². The van der Waals surface area contributed by atoms with E-state index in [2.05, 4.69) is 4.98 Å². The van der Waals surface area contributed by atoms with Crippen molar-refractivity contribution in [3.05, 3.63) is 42.2 Å². The van der Waals surface area contributed by atoms with Gasteiger partial charge < -0.3 is 10.3 Å². The maximum Gasteiger partial charge on any atom is 0.127 e. The van der Waals surface area contributed by atoms with Crippen LogP contribution in [-0.4, -0.2) is 9.55 Å². The summed E-state index contributed by atoms with van der Waals surface area (Å²) in [6.07, 6.45) is 3.43. The first kappa shape index (κ1) is 8.74. The van der Waals surface area contributed by atoms with E-state index in [1.54, 1.807) is 23.0 Å². The fourth-order valence-electron chi connectivity index (χ4n) is 1.39. The highest BCUT2D eigenvalue weighted by molar-refractivity contribution is 5.48. The van der Waals surface area contributed by atoms with Gasteiger partial charge in [-0.25, -0.2) is 9.37 Å². The highest BCUT2D eigenvalue weighted by Gasteiger charge is 2.02. The Bertz CT molecular complexity index is 442. The van der Waals surface area contributed by atoms with Gasteiger partial charge in [0.15, 0.2) is 0 Å². The van der Waals surface area contributed by atoms with Crippen LogP contribution < -0.4 is 5.73 Å². The molecule has 0 aliphatic carbocycles. The van der Waals surface area contributed by atoms with Crippen molar-refractivity contribution in [3.8, 4) is 5.69 Å². The number of aromatic nitrogens is 2. The Balaban J connectivity index is 2.57. The van der Waals surface area contributed by atoms with E-state index in [-0.39, 0.29) is 5.82 Å². The fraction of sp³-hybridized carbons (Fsp3) is 0.100. The lowest BCUT2D eigenvalue weighted by molar-refractivity contribution is 0.627. The molecule has 1 heterocycles. The molecule has 4 heteroatoms. The molecule has 0 saturated heterocycles. The number of nitrogen functional groups attached to an aromatic ring is 1. The van der Waals surface area contributed by atoms with Gasteiger partial charge in [-0.3, -0.25) is 0 Å². The van der Waals surface area contributed by atoms with E-state index in [9.17, 15) is 4.39 Å². The van der Waals surface area contributed by atoms with Crippen LogP contribution in [0.15, 0.2) is 30.6 Å². The molecular weight excluding hydrogens is 181 g/mol. The average molecular weight is 191 g/mol. The first-order chi connectivity index (χ1) is 6.66. The summed E-state index contributed by atoms with van der Waals surface area (Å²) in [5.41, 5.74) is 6.64. The molecule has 1 aromatic carbocycles. The Morgan fingerprint density at radius 2 is 2.14 bits per heavy atom. The molecule has 2 rings (SSSR count). The van der Waals surface area contributed by atoms with Crippen LogP contribution in [-0.2, 0) is 0 Å². The van der Waals surface area contributed by atoms with Gasteiger partial charge in [0.2, 0.25) is 0 Å². The fourth-order valence-corrected chi connectivity index (χ4v) is 1.39. The molecule has 0 spiro atoms. The number of rotatable bonds is 1. The summed E-state index contributed by atoms with van der Waals surface area (Å²) < 4.78 is 14.8.